The van der Waals surface area contributed by atoms with E-state index in [1.807, 2.05) is 0 Å². The second-order valence-corrected chi connectivity index (χ2v) is 5.92. The van der Waals surface area contributed by atoms with Crippen molar-refractivity contribution >= 4 is 11.8 Å². The SMILES string of the molecule is C#CCSCCNC1c2ccccc2-c2ccccc21. The number of thioether (sulfide) groups is 1. The number of rotatable bonds is 5. The van der Waals surface area contributed by atoms with E-state index in [9.17, 15) is 0 Å². The van der Waals surface area contributed by atoms with Gasteiger partial charge >= 0.3 is 0 Å². The van der Waals surface area contributed by atoms with Gasteiger partial charge in [-0.3, -0.25) is 0 Å². The van der Waals surface area contributed by atoms with Crippen LogP contribution >= 0.6 is 11.8 Å². The molecule has 0 heterocycles. The van der Waals surface area contributed by atoms with Gasteiger partial charge in [-0.05, 0) is 22.3 Å². The summed E-state index contributed by atoms with van der Waals surface area (Å²) in [6, 6.07) is 17.6. The molecular weight excluding hydrogens is 262 g/mol. The van der Waals surface area contributed by atoms with Crippen LogP contribution in [0.15, 0.2) is 48.5 Å². The Kier molecular flexibility index (Phi) is 4.11. The van der Waals surface area contributed by atoms with Gasteiger partial charge in [-0.1, -0.05) is 54.5 Å². The molecule has 0 unspecified atom stereocenters. The predicted molar refractivity (Wildman–Crippen MR) is 87.9 cm³/mol. The smallest absolute Gasteiger partial charge is 0.0589 e. The second-order valence-electron chi connectivity index (χ2n) is 4.82. The molecule has 0 bridgehead atoms. The first kappa shape index (κ1) is 13.3. The first-order valence-corrected chi connectivity index (χ1v) is 8.00. The molecule has 1 aliphatic rings. The highest BCUT2D eigenvalue weighted by Crippen LogP contribution is 2.42. The van der Waals surface area contributed by atoms with E-state index < -0.39 is 0 Å². The molecule has 1 nitrogen and oxygen atoms in total. The average Bonchev–Trinajstić information content (AvgIpc) is 2.82. The van der Waals surface area contributed by atoms with Crippen molar-refractivity contribution in [3.05, 3.63) is 59.7 Å². The van der Waals surface area contributed by atoms with Crippen LogP contribution in [-0.2, 0) is 0 Å². The Morgan fingerprint density at radius 3 is 2.20 bits per heavy atom. The van der Waals surface area contributed by atoms with Crippen LogP contribution in [0.5, 0.6) is 0 Å². The van der Waals surface area contributed by atoms with Crippen molar-refractivity contribution in [3.8, 4) is 23.5 Å². The minimum absolute atomic E-state index is 0.314. The van der Waals surface area contributed by atoms with E-state index in [2.05, 4.69) is 59.8 Å². The van der Waals surface area contributed by atoms with Crippen LogP contribution in [0, 0.1) is 12.3 Å². The lowest BCUT2D eigenvalue weighted by Crippen LogP contribution is -2.23. The van der Waals surface area contributed by atoms with Crippen LogP contribution in [-0.4, -0.2) is 18.1 Å². The van der Waals surface area contributed by atoms with E-state index in [1.165, 1.54) is 22.3 Å². The lowest BCUT2D eigenvalue weighted by Gasteiger charge is -2.15. The lowest BCUT2D eigenvalue weighted by atomic mass is 10.1. The fraction of sp³-hybridized carbons (Fsp3) is 0.222. The van der Waals surface area contributed by atoms with E-state index in [0.29, 0.717) is 6.04 Å². The third kappa shape index (κ3) is 2.47. The standard InChI is InChI=1S/C18H17NS/c1-2-12-20-13-11-19-18-16-9-5-3-7-14(16)15-8-4-6-10-17(15)18/h1,3-10,18-19H,11-13H2. The van der Waals surface area contributed by atoms with Crippen LogP contribution in [0.25, 0.3) is 11.1 Å². The maximum absolute atomic E-state index is 5.27. The monoisotopic (exact) mass is 279 g/mol. The molecule has 3 rings (SSSR count). The Bertz CT molecular complexity index is 596. The molecule has 0 atom stereocenters. The Labute approximate surface area is 124 Å². The van der Waals surface area contributed by atoms with Gasteiger partial charge in [-0.25, -0.2) is 0 Å². The summed E-state index contributed by atoms with van der Waals surface area (Å²) in [6.45, 7) is 0.972. The number of benzene rings is 2. The molecule has 0 saturated carbocycles. The normalized spacial score (nSPS) is 12.8. The molecule has 0 radical (unpaired) electrons. The van der Waals surface area contributed by atoms with Gasteiger partial charge in [0.25, 0.3) is 0 Å². The highest BCUT2D eigenvalue weighted by Gasteiger charge is 2.26. The van der Waals surface area contributed by atoms with Gasteiger partial charge < -0.3 is 5.32 Å². The Morgan fingerprint density at radius 1 is 1.00 bits per heavy atom. The van der Waals surface area contributed by atoms with Gasteiger partial charge in [0.15, 0.2) is 0 Å². The van der Waals surface area contributed by atoms with Crippen molar-refractivity contribution in [2.75, 3.05) is 18.1 Å². The molecule has 2 aromatic rings. The first-order valence-electron chi connectivity index (χ1n) is 6.84. The molecule has 2 aromatic carbocycles. The third-order valence-corrected chi connectivity index (χ3v) is 4.48. The van der Waals surface area contributed by atoms with Crippen LogP contribution in [0.3, 0.4) is 0 Å². The van der Waals surface area contributed by atoms with Gasteiger partial charge in [0.2, 0.25) is 0 Å². The minimum atomic E-state index is 0.314. The number of hydrogen-bond acceptors (Lipinski definition) is 2. The zero-order valence-corrected chi connectivity index (χ0v) is 12.1. The first-order chi connectivity index (χ1) is 9.92. The molecule has 1 aliphatic carbocycles. The molecule has 0 aromatic heterocycles. The number of fused-ring (bicyclic) bond motifs is 3. The predicted octanol–water partition coefficient (Wildman–Crippen LogP) is 3.71. The van der Waals surface area contributed by atoms with E-state index in [1.54, 1.807) is 11.8 Å². The number of hydrogen-bond donors (Lipinski definition) is 1. The summed E-state index contributed by atoms with van der Waals surface area (Å²) in [4.78, 5) is 0. The van der Waals surface area contributed by atoms with E-state index in [-0.39, 0.29) is 0 Å². The van der Waals surface area contributed by atoms with Gasteiger partial charge in [0.05, 0.1) is 11.8 Å². The fourth-order valence-electron chi connectivity index (χ4n) is 2.78. The Hall–Kier alpha value is -1.69. The molecule has 2 heteroatoms. The van der Waals surface area contributed by atoms with Crippen molar-refractivity contribution in [2.45, 2.75) is 6.04 Å². The molecule has 0 spiro atoms. The van der Waals surface area contributed by atoms with Crippen LogP contribution < -0.4 is 5.32 Å². The largest absolute Gasteiger partial charge is 0.305 e. The second kappa shape index (κ2) is 6.17. The molecule has 20 heavy (non-hydrogen) atoms. The summed E-state index contributed by atoms with van der Waals surface area (Å²) < 4.78 is 0. The number of terminal acetylenes is 1. The highest BCUT2D eigenvalue weighted by molar-refractivity contribution is 7.99. The van der Waals surface area contributed by atoms with Crippen molar-refractivity contribution in [1.29, 1.82) is 0 Å². The molecule has 100 valence electrons. The van der Waals surface area contributed by atoms with Crippen LogP contribution in [0.1, 0.15) is 17.2 Å². The number of nitrogens with one attached hydrogen (secondary N) is 1. The topological polar surface area (TPSA) is 12.0 Å². The maximum Gasteiger partial charge on any atom is 0.0589 e. The highest BCUT2D eigenvalue weighted by atomic mass is 32.2. The van der Waals surface area contributed by atoms with Crippen LogP contribution in [0.4, 0.5) is 0 Å². The Morgan fingerprint density at radius 2 is 1.60 bits per heavy atom. The zero-order valence-electron chi connectivity index (χ0n) is 11.3. The van der Waals surface area contributed by atoms with Gasteiger partial charge in [0, 0.05) is 12.3 Å². The molecule has 1 N–H and O–H groups in total. The molecule has 0 fully saturated rings. The summed E-state index contributed by atoms with van der Waals surface area (Å²) in [7, 11) is 0. The van der Waals surface area contributed by atoms with Crippen molar-refractivity contribution in [2.24, 2.45) is 0 Å². The summed E-state index contributed by atoms with van der Waals surface area (Å²) in [5, 5.41) is 3.66. The quantitative estimate of drug-likeness (QED) is 0.661. The maximum atomic E-state index is 5.27. The molecule has 0 amide bonds. The van der Waals surface area contributed by atoms with Crippen molar-refractivity contribution in [1.82, 2.24) is 5.32 Å². The fourth-order valence-corrected chi connectivity index (χ4v) is 3.31. The summed E-state index contributed by atoms with van der Waals surface area (Å²) in [5.41, 5.74) is 5.49. The third-order valence-electron chi connectivity index (χ3n) is 3.61. The van der Waals surface area contributed by atoms with E-state index >= 15 is 0 Å². The lowest BCUT2D eigenvalue weighted by molar-refractivity contribution is 0.646. The van der Waals surface area contributed by atoms with Crippen molar-refractivity contribution < 1.29 is 0 Å². The molecular formula is C18H17NS. The van der Waals surface area contributed by atoms with Gasteiger partial charge in [-0.2, -0.15) is 0 Å². The summed E-state index contributed by atoms with van der Waals surface area (Å²) in [5.74, 6) is 4.50. The minimum Gasteiger partial charge on any atom is -0.305 e. The summed E-state index contributed by atoms with van der Waals surface area (Å²) >= 11 is 1.80. The van der Waals surface area contributed by atoms with E-state index in [0.717, 1.165) is 18.1 Å². The zero-order chi connectivity index (χ0) is 13.8. The van der Waals surface area contributed by atoms with Crippen molar-refractivity contribution in [3.63, 3.8) is 0 Å². The van der Waals surface area contributed by atoms with Gasteiger partial charge in [-0.15, -0.1) is 18.2 Å². The summed E-state index contributed by atoms with van der Waals surface area (Å²) in [6.07, 6.45) is 5.27. The molecule has 0 aliphatic heterocycles. The van der Waals surface area contributed by atoms with Gasteiger partial charge in [0.1, 0.15) is 0 Å². The van der Waals surface area contributed by atoms with E-state index in [4.69, 9.17) is 6.42 Å². The molecule has 0 saturated heterocycles. The Balaban J connectivity index is 1.79. The average molecular weight is 279 g/mol. The van der Waals surface area contributed by atoms with Crippen LogP contribution in [0.2, 0.25) is 0 Å².